The van der Waals surface area contributed by atoms with Crippen LogP contribution in [-0.4, -0.2) is 41.1 Å². The molecule has 3 aromatic rings. The van der Waals surface area contributed by atoms with Crippen molar-refractivity contribution in [2.45, 2.75) is 22.1 Å². The molecule has 0 aliphatic carbocycles. The van der Waals surface area contributed by atoms with Crippen LogP contribution in [0.2, 0.25) is 0 Å². The topological polar surface area (TPSA) is 114 Å². The second-order valence-electron chi connectivity index (χ2n) is 6.92. The van der Waals surface area contributed by atoms with E-state index in [9.17, 15) is 21.6 Å². The summed E-state index contributed by atoms with van der Waals surface area (Å²) in [5.74, 6) is -1.17. The normalized spacial score (nSPS) is 12.1. The third kappa shape index (κ3) is 5.04. The molecule has 31 heavy (non-hydrogen) atoms. The molecule has 1 amide bonds. The summed E-state index contributed by atoms with van der Waals surface area (Å²) in [7, 11) is -4.51. The number of carbonyl (C=O) groups is 1. The smallest absolute Gasteiger partial charge is 0.287 e. The summed E-state index contributed by atoms with van der Waals surface area (Å²) in [6, 6.07) is 15.7. The molecular formula is C21H22N2O6S2. The van der Waals surface area contributed by atoms with Crippen LogP contribution in [0.3, 0.4) is 0 Å². The molecule has 10 heteroatoms. The van der Waals surface area contributed by atoms with Gasteiger partial charge < -0.3 is 9.73 Å². The van der Waals surface area contributed by atoms with E-state index in [1.165, 1.54) is 44.6 Å². The molecule has 0 unspecified atom stereocenters. The van der Waals surface area contributed by atoms with Gasteiger partial charge in [-0.25, -0.2) is 21.1 Å². The minimum absolute atomic E-state index is 0.0756. The highest BCUT2D eigenvalue weighted by Gasteiger charge is 2.24. The Morgan fingerprint density at radius 3 is 2.23 bits per heavy atom. The van der Waals surface area contributed by atoms with Gasteiger partial charge in [0.1, 0.15) is 0 Å². The summed E-state index contributed by atoms with van der Waals surface area (Å²) in [5, 5.41) is 2.61. The van der Waals surface area contributed by atoms with E-state index in [4.69, 9.17) is 4.42 Å². The van der Waals surface area contributed by atoms with E-state index in [0.29, 0.717) is 5.56 Å². The summed E-state index contributed by atoms with van der Waals surface area (Å²) in [6.07, 6.45) is 1.25. The van der Waals surface area contributed by atoms with Gasteiger partial charge in [0, 0.05) is 26.2 Å². The largest absolute Gasteiger partial charge is 0.459 e. The number of carbonyl (C=O) groups excluding carboxylic acids is 1. The van der Waals surface area contributed by atoms with Crippen molar-refractivity contribution in [3.63, 3.8) is 0 Å². The first-order chi connectivity index (χ1) is 14.6. The molecular weight excluding hydrogens is 440 g/mol. The SMILES string of the molecule is CN(C)S(=O)(=O)c1ccccc1CNC(=O)c1occc1CS(=O)(=O)c1ccccc1. The van der Waals surface area contributed by atoms with E-state index in [1.54, 1.807) is 36.4 Å². The van der Waals surface area contributed by atoms with Gasteiger partial charge in [0.25, 0.3) is 5.91 Å². The Bertz CT molecular complexity index is 1280. The van der Waals surface area contributed by atoms with Gasteiger partial charge in [-0.15, -0.1) is 0 Å². The highest BCUT2D eigenvalue weighted by atomic mass is 32.2. The molecule has 3 rings (SSSR count). The summed E-state index contributed by atoms with van der Waals surface area (Å²) in [6.45, 7) is -0.0757. The molecule has 0 radical (unpaired) electrons. The Morgan fingerprint density at radius 1 is 0.903 bits per heavy atom. The van der Waals surface area contributed by atoms with Gasteiger partial charge in [-0.2, -0.15) is 0 Å². The fraction of sp³-hybridized carbons (Fsp3) is 0.190. The highest BCUT2D eigenvalue weighted by Crippen LogP contribution is 2.21. The van der Waals surface area contributed by atoms with E-state index in [2.05, 4.69) is 5.32 Å². The van der Waals surface area contributed by atoms with Crippen molar-refractivity contribution in [3.8, 4) is 0 Å². The molecule has 0 saturated carbocycles. The first-order valence-electron chi connectivity index (χ1n) is 9.26. The number of sulfonamides is 1. The molecule has 164 valence electrons. The Balaban J connectivity index is 1.78. The number of nitrogens with one attached hydrogen (secondary N) is 1. The molecule has 1 N–H and O–H groups in total. The summed E-state index contributed by atoms with van der Waals surface area (Å²) in [4.78, 5) is 12.9. The Hall–Kier alpha value is -2.95. The Morgan fingerprint density at radius 2 is 1.55 bits per heavy atom. The quantitative estimate of drug-likeness (QED) is 0.550. The number of rotatable bonds is 8. The second kappa shape index (κ2) is 9.04. The van der Waals surface area contributed by atoms with E-state index < -0.39 is 31.5 Å². The average Bonchev–Trinajstić information content (AvgIpc) is 3.20. The minimum Gasteiger partial charge on any atom is -0.459 e. The zero-order chi connectivity index (χ0) is 22.6. The Kier molecular flexibility index (Phi) is 6.63. The average molecular weight is 463 g/mol. The van der Waals surface area contributed by atoms with Crippen LogP contribution >= 0.6 is 0 Å². The van der Waals surface area contributed by atoms with Crippen LogP contribution in [0.25, 0.3) is 0 Å². The maximum Gasteiger partial charge on any atom is 0.287 e. The molecule has 2 aromatic carbocycles. The van der Waals surface area contributed by atoms with E-state index in [-0.39, 0.29) is 27.7 Å². The van der Waals surface area contributed by atoms with Crippen molar-refractivity contribution in [1.82, 2.24) is 9.62 Å². The zero-order valence-corrected chi connectivity index (χ0v) is 18.6. The van der Waals surface area contributed by atoms with Crippen molar-refractivity contribution in [2.75, 3.05) is 14.1 Å². The third-order valence-corrected chi connectivity index (χ3v) is 8.17. The van der Waals surface area contributed by atoms with Gasteiger partial charge in [0.15, 0.2) is 15.6 Å². The van der Waals surface area contributed by atoms with Gasteiger partial charge in [0.2, 0.25) is 10.0 Å². The monoisotopic (exact) mass is 462 g/mol. The lowest BCUT2D eigenvalue weighted by atomic mass is 10.2. The van der Waals surface area contributed by atoms with Gasteiger partial charge in [-0.05, 0) is 29.8 Å². The maximum atomic E-state index is 12.7. The molecule has 8 nitrogen and oxygen atoms in total. The van der Waals surface area contributed by atoms with Crippen molar-refractivity contribution in [2.24, 2.45) is 0 Å². The fourth-order valence-electron chi connectivity index (χ4n) is 2.92. The minimum atomic E-state index is -3.69. The second-order valence-corrected chi connectivity index (χ2v) is 11.0. The van der Waals surface area contributed by atoms with E-state index in [0.717, 1.165) is 4.31 Å². The lowest BCUT2D eigenvalue weighted by molar-refractivity contribution is 0.0922. The van der Waals surface area contributed by atoms with Crippen molar-refractivity contribution in [1.29, 1.82) is 0 Å². The molecule has 0 spiro atoms. The molecule has 0 atom stereocenters. The van der Waals surface area contributed by atoms with Crippen molar-refractivity contribution < 1.29 is 26.0 Å². The summed E-state index contributed by atoms with van der Waals surface area (Å²) < 4.78 is 56.6. The standard InChI is InChI=1S/C21H22N2O6S2/c1-23(2)31(27,28)19-11-7-6-8-16(19)14-22-21(24)20-17(12-13-29-20)15-30(25,26)18-9-4-3-5-10-18/h3-13H,14-15H2,1-2H3,(H,22,24). The highest BCUT2D eigenvalue weighted by molar-refractivity contribution is 7.90. The first kappa shape index (κ1) is 22.7. The molecule has 0 saturated heterocycles. The predicted molar refractivity (Wildman–Crippen MR) is 115 cm³/mol. The van der Waals surface area contributed by atoms with Crippen LogP contribution in [0.5, 0.6) is 0 Å². The van der Waals surface area contributed by atoms with Gasteiger partial charge in [-0.3, -0.25) is 4.79 Å². The van der Waals surface area contributed by atoms with Gasteiger partial charge in [-0.1, -0.05) is 36.4 Å². The fourth-order valence-corrected chi connectivity index (χ4v) is 5.41. The lowest BCUT2D eigenvalue weighted by Gasteiger charge is -2.15. The number of sulfone groups is 1. The molecule has 0 bridgehead atoms. The molecule has 0 aliphatic rings. The number of hydrogen-bond acceptors (Lipinski definition) is 6. The maximum absolute atomic E-state index is 12.7. The van der Waals surface area contributed by atoms with E-state index >= 15 is 0 Å². The number of amides is 1. The van der Waals surface area contributed by atoms with Crippen LogP contribution < -0.4 is 5.32 Å². The van der Waals surface area contributed by atoms with E-state index in [1.807, 2.05) is 0 Å². The predicted octanol–water partition coefficient (Wildman–Crippen LogP) is 2.43. The first-order valence-corrected chi connectivity index (χ1v) is 12.3. The van der Waals surface area contributed by atoms with Crippen LogP contribution in [-0.2, 0) is 32.2 Å². The number of furan rings is 1. The zero-order valence-electron chi connectivity index (χ0n) is 17.0. The number of benzene rings is 2. The van der Waals surface area contributed by atoms with Crippen molar-refractivity contribution >= 4 is 25.8 Å². The third-order valence-electron chi connectivity index (χ3n) is 4.57. The molecule has 0 aliphatic heterocycles. The van der Waals surface area contributed by atoms with Gasteiger partial charge >= 0.3 is 0 Å². The summed E-state index contributed by atoms with van der Waals surface area (Å²) >= 11 is 0. The molecule has 0 fully saturated rings. The van der Waals surface area contributed by atoms with Crippen LogP contribution in [0, 0.1) is 0 Å². The molecule has 1 heterocycles. The number of nitrogens with zero attached hydrogens (tertiary/aromatic N) is 1. The molecule has 1 aromatic heterocycles. The van der Waals surface area contributed by atoms with Crippen LogP contribution in [0.4, 0.5) is 0 Å². The van der Waals surface area contributed by atoms with Crippen LogP contribution in [0.1, 0.15) is 21.7 Å². The van der Waals surface area contributed by atoms with Crippen molar-refractivity contribution in [3.05, 3.63) is 83.8 Å². The Labute approximate surface area is 181 Å². The lowest BCUT2D eigenvalue weighted by Crippen LogP contribution is -2.27. The summed E-state index contributed by atoms with van der Waals surface area (Å²) in [5.41, 5.74) is 0.616. The van der Waals surface area contributed by atoms with Gasteiger partial charge in [0.05, 0.1) is 21.8 Å². The number of hydrogen-bond donors (Lipinski definition) is 1. The van der Waals surface area contributed by atoms with Crippen LogP contribution in [0.15, 0.2) is 81.1 Å².